The Balaban J connectivity index is 1.42. The molecule has 1 heterocycles. The largest absolute Gasteiger partial charge is 0.486 e. The monoisotopic (exact) mass is 341 g/mol. The smallest absolute Gasteiger partial charge is 0.230 e. The summed E-state index contributed by atoms with van der Waals surface area (Å²) < 4.78 is 24.8. The first-order valence-corrected chi connectivity index (χ1v) is 8.61. The molecular weight excluding hydrogens is 321 g/mol. The van der Waals surface area contributed by atoms with E-state index in [2.05, 4.69) is 5.32 Å². The van der Waals surface area contributed by atoms with E-state index < -0.39 is 5.41 Å². The van der Waals surface area contributed by atoms with Gasteiger partial charge in [0.2, 0.25) is 5.91 Å². The van der Waals surface area contributed by atoms with Gasteiger partial charge in [0.05, 0.1) is 5.41 Å². The van der Waals surface area contributed by atoms with Gasteiger partial charge in [-0.3, -0.25) is 4.79 Å². The number of carbonyl (C=O) groups is 1. The molecule has 0 atom stereocenters. The minimum atomic E-state index is -0.481. The summed E-state index contributed by atoms with van der Waals surface area (Å²) in [5, 5.41) is 2.96. The van der Waals surface area contributed by atoms with Crippen molar-refractivity contribution in [3.63, 3.8) is 0 Å². The molecule has 1 aliphatic heterocycles. The molecule has 5 heteroatoms. The molecule has 4 nitrogen and oxygen atoms in total. The summed E-state index contributed by atoms with van der Waals surface area (Å²) in [7, 11) is 0. The van der Waals surface area contributed by atoms with Crippen LogP contribution in [0.4, 0.5) is 4.39 Å². The fourth-order valence-electron chi connectivity index (χ4n) is 3.29. The third kappa shape index (κ3) is 3.06. The zero-order chi connectivity index (χ0) is 17.3. The first kappa shape index (κ1) is 15.9. The molecule has 0 unspecified atom stereocenters. The summed E-state index contributed by atoms with van der Waals surface area (Å²) in [6.07, 6.45) is 2.12. The Hall–Kier alpha value is -2.56. The van der Waals surface area contributed by atoms with Crippen LogP contribution in [0.5, 0.6) is 11.5 Å². The van der Waals surface area contributed by atoms with Gasteiger partial charge in [-0.25, -0.2) is 4.39 Å². The van der Waals surface area contributed by atoms with E-state index in [-0.39, 0.29) is 11.7 Å². The maximum Gasteiger partial charge on any atom is 0.230 e. The van der Waals surface area contributed by atoms with Crippen LogP contribution in [-0.4, -0.2) is 25.7 Å². The molecule has 0 saturated heterocycles. The molecule has 2 aliphatic rings. The summed E-state index contributed by atoms with van der Waals surface area (Å²) in [4.78, 5) is 12.7. The van der Waals surface area contributed by atoms with Gasteiger partial charge in [0.15, 0.2) is 11.5 Å². The normalized spacial score (nSPS) is 17.0. The Morgan fingerprint density at radius 1 is 1.08 bits per heavy atom. The lowest BCUT2D eigenvalue weighted by molar-refractivity contribution is -0.123. The van der Waals surface area contributed by atoms with E-state index in [1.54, 1.807) is 18.2 Å². The fourth-order valence-corrected chi connectivity index (χ4v) is 3.29. The van der Waals surface area contributed by atoms with Gasteiger partial charge in [-0.1, -0.05) is 24.3 Å². The molecule has 0 bridgehead atoms. The van der Waals surface area contributed by atoms with Crippen LogP contribution >= 0.6 is 0 Å². The van der Waals surface area contributed by atoms with Crippen molar-refractivity contribution >= 4 is 5.91 Å². The minimum absolute atomic E-state index is 0.000479. The number of fused-ring (bicyclic) bond motifs is 1. The molecule has 1 amide bonds. The number of rotatable bonds is 5. The zero-order valence-corrected chi connectivity index (χ0v) is 13.9. The van der Waals surface area contributed by atoms with Crippen molar-refractivity contribution < 1.29 is 18.7 Å². The van der Waals surface area contributed by atoms with E-state index in [0.29, 0.717) is 37.5 Å². The van der Waals surface area contributed by atoms with Crippen molar-refractivity contribution in [1.29, 1.82) is 0 Å². The van der Waals surface area contributed by atoms with Gasteiger partial charge in [0.25, 0.3) is 0 Å². The summed E-state index contributed by atoms with van der Waals surface area (Å²) in [5.41, 5.74) is 1.09. The maximum atomic E-state index is 13.6. The predicted molar refractivity (Wildman–Crippen MR) is 91.5 cm³/mol. The molecule has 4 rings (SSSR count). The van der Waals surface area contributed by atoms with Crippen LogP contribution in [0.1, 0.15) is 24.0 Å². The van der Waals surface area contributed by atoms with E-state index in [9.17, 15) is 9.18 Å². The van der Waals surface area contributed by atoms with Crippen molar-refractivity contribution in [2.24, 2.45) is 0 Å². The molecule has 1 fully saturated rings. The Morgan fingerprint density at radius 3 is 2.60 bits per heavy atom. The lowest BCUT2D eigenvalue weighted by Gasteiger charge is -2.21. The summed E-state index contributed by atoms with van der Waals surface area (Å²) in [5.74, 6) is 1.20. The molecule has 2 aromatic rings. The molecule has 1 N–H and O–H groups in total. The highest BCUT2D eigenvalue weighted by molar-refractivity contribution is 5.91. The predicted octanol–water partition coefficient (Wildman–Crippen LogP) is 2.99. The van der Waals surface area contributed by atoms with E-state index in [4.69, 9.17) is 9.47 Å². The Bertz CT molecular complexity index is 801. The first-order valence-electron chi connectivity index (χ1n) is 8.61. The highest BCUT2D eigenvalue weighted by atomic mass is 19.1. The number of hydrogen-bond acceptors (Lipinski definition) is 3. The highest BCUT2D eigenvalue weighted by Gasteiger charge is 2.51. The van der Waals surface area contributed by atoms with Crippen molar-refractivity contribution in [3.05, 3.63) is 59.4 Å². The molecule has 2 aromatic carbocycles. The lowest BCUT2D eigenvalue weighted by atomic mass is 9.94. The molecule has 0 radical (unpaired) electrons. The summed E-state index contributed by atoms with van der Waals surface area (Å²) in [6, 6.07) is 12.4. The standard InChI is InChI=1S/C20H20FNO3/c21-16-4-2-1-3-14(16)7-10-22-19(23)20(8-9-20)15-5-6-17-18(13-15)25-12-11-24-17/h1-6,13H,7-12H2,(H,22,23). The van der Waals surface area contributed by atoms with Gasteiger partial charge in [-0.2, -0.15) is 0 Å². The van der Waals surface area contributed by atoms with Crippen LogP contribution in [0, 0.1) is 5.82 Å². The average Bonchev–Trinajstić information content (AvgIpc) is 3.45. The van der Waals surface area contributed by atoms with E-state index in [1.165, 1.54) is 6.07 Å². The molecule has 0 spiro atoms. The molecule has 0 aromatic heterocycles. The maximum absolute atomic E-state index is 13.6. The number of ether oxygens (including phenoxy) is 2. The van der Waals surface area contributed by atoms with Crippen molar-refractivity contribution in [2.75, 3.05) is 19.8 Å². The average molecular weight is 341 g/mol. The summed E-state index contributed by atoms with van der Waals surface area (Å²) >= 11 is 0. The van der Waals surface area contributed by atoms with Crippen LogP contribution in [0.15, 0.2) is 42.5 Å². The SMILES string of the molecule is O=C(NCCc1ccccc1F)C1(c2ccc3c(c2)OCCO3)CC1. The second-order valence-electron chi connectivity index (χ2n) is 6.54. The number of hydrogen-bond donors (Lipinski definition) is 1. The quantitative estimate of drug-likeness (QED) is 0.909. The van der Waals surface area contributed by atoms with Gasteiger partial charge in [0.1, 0.15) is 19.0 Å². The van der Waals surface area contributed by atoms with E-state index >= 15 is 0 Å². The number of benzene rings is 2. The Labute approximate surface area is 146 Å². The second kappa shape index (κ2) is 6.39. The van der Waals surface area contributed by atoms with Crippen LogP contribution < -0.4 is 14.8 Å². The van der Waals surface area contributed by atoms with Gasteiger partial charge in [0, 0.05) is 6.54 Å². The molecule has 130 valence electrons. The van der Waals surface area contributed by atoms with Crippen molar-refractivity contribution in [1.82, 2.24) is 5.32 Å². The molecule has 1 aliphatic carbocycles. The number of halogens is 1. The third-order valence-electron chi connectivity index (χ3n) is 4.92. The minimum Gasteiger partial charge on any atom is -0.486 e. The second-order valence-corrected chi connectivity index (χ2v) is 6.54. The lowest BCUT2D eigenvalue weighted by Crippen LogP contribution is -2.36. The van der Waals surface area contributed by atoms with E-state index in [1.807, 2.05) is 18.2 Å². The number of carbonyl (C=O) groups excluding carboxylic acids is 1. The molecule has 25 heavy (non-hydrogen) atoms. The fraction of sp³-hybridized carbons (Fsp3) is 0.350. The zero-order valence-electron chi connectivity index (χ0n) is 13.9. The molecular formula is C20H20FNO3. The number of amides is 1. The van der Waals surface area contributed by atoms with Crippen molar-refractivity contribution in [3.8, 4) is 11.5 Å². The Kier molecular flexibility index (Phi) is 4.07. The van der Waals surface area contributed by atoms with Crippen LogP contribution in [0.3, 0.4) is 0 Å². The topological polar surface area (TPSA) is 47.6 Å². The third-order valence-corrected chi connectivity index (χ3v) is 4.92. The summed E-state index contributed by atoms with van der Waals surface area (Å²) in [6.45, 7) is 1.50. The van der Waals surface area contributed by atoms with Gasteiger partial charge < -0.3 is 14.8 Å². The van der Waals surface area contributed by atoms with Crippen LogP contribution in [0.25, 0.3) is 0 Å². The van der Waals surface area contributed by atoms with Crippen LogP contribution in [0.2, 0.25) is 0 Å². The molecule has 1 saturated carbocycles. The van der Waals surface area contributed by atoms with E-state index in [0.717, 1.165) is 24.2 Å². The van der Waals surface area contributed by atoms with Crippen molar-refractivity contribution in [2.45, 2.75) is 24.7 Å². The van der Waals surface area contributed by atoms with Gasteiger partial charge in [-0.05, 0) is 48.6 Å². The highest BCUT2D eigenvalue weighted by Crippen LogP contribution is 2.50. The van der Waals surface area contributed by atoms with Gasteiger partial charge in [-0.15, -0.1) is 0 Å². The number of nitrogens with one attached hydrogen (secondary N) is 1. The Morgan fingerprint density at radius 2 is 1.84 bits per heavy atom. The van der Waals surface area contributed by atoms with Crippen LogP contribution in [-0.2, 0) is 16.6 Å². The first-order chi connectivity index (χ1) is 12.2. The van der Waals surface area contributed by atoms with Gasteiger partial charge >= 0.3 is 0 Å².